The molecule has 0 aromatic heterocycles. The molecule has 10 heteroatoms. The number of carbonyl (C=O) groups excluding carboxylic acids is 1. The summed E-state index contributed by atoms with van der Waals surface area (Å²) in [6.07, 6.45) is -4.11. The number of ether oxygens (including phenoxy) is 1. The van der Waals surface area contributed by atoms with Crippen molar-refractivity contribution in [2.45, 2.75) is 33.6 Å². The number of rotatable bonds is 4. The van der Waals surface area contributed by atoms with Crippen LogP contribution in [0.25, 0.3) is 0 Å². The minimum absolute atomic E-state index is 0.667. The molecule has 0 radical (unpaired) electrons. The predicted molar refractivity (Wildman–Crippen MR) is 81.6 cm³/mol. The molecule has 0 aliphatic heterocycles. The van der Waals surface area contributed by atoms with Gasteiger partial charge in [0.05, 0.1) is 11.5 Å². The van der Waals surface area contributed by atoms with Crippen molar-refractivity contribution in [3.05, 3.63) is 45.5 Å². The fraction of sp³-hybridized carbons (Fsp3) is 0.471. The molecule has 0 amide bonds. The summed E-state index contributed by atoms with van der Waals surface area (Å²) < 4.78 is 96.8. The molecule has 1 saturated carbocycles. The second-order valence-electron chi connectivity index (χ2n) is 6.80. The number of hydrogen-bond donors (Lipinski definition) is 0. The molecule has 1 aliphatic carbocycles. The van der Waals surface area contributed by atoms with Gasteiger partial charge < -0.3 is 4.74 Å². The zero-order chi connectivity index (χ0) is 20.9. The maximum absolute atomic E-state index is 13.8. The van der Waals surface area contributed by atoms with E-state index in [1.807, 2.05) is 0 Å². The van der Waals surface area contributed by atoms with Crippen LogP contribution in [-0.4, -0.2) is 12.1 Å². The third-order valence-electron chi connectivity index (χ3n) is 4.69. The van der Waals surface area contributed by atoms with Crippen LogP contribution in [0.3, 0.4) is 0 Å². The minimum Gasteiger partial charge on any atom is -0.460 e. The normalized spacial score (nSPS) is 22.0. The molecule has 0 heterocycles. The Morgan fingerprint density at radius 3 is 2.04 bits per heavy atom. The van der Waals surface area contributed by atoms with E-state index < -0.39 is 75.4 Å². The highest BCUT2D eigenvalue weighted by Gasteiger charge is 2.62. The fourth-order valence-electron chi connectivity index (χ4n) is 2.84. The van der Waals surface area contributed by atoms with Crippen LogP contribution >= 0.6 is 11.6 Å². The minimum atomic E-state index is -4.78. The van der Waals surface area contributed by atoms with E-state index in [9.17, 15) is 35.5 Å². The van der Waals surface area contributed by atoms with E-state index in [-0.39, 0.29) is 0 Å². The molecule has 150 valence electrons. The zero-order valence-corrected chi connectivity index (χ0v) is 15.0. The average Bonchev–Trinajstić information content (AvgIpc) is 3.10. The van der Waals surface area contributed by atoms with Crippen molar-refractivity contribution in [1.29, 1.82) is 0 Å². The average molecular weight is 419 g/mol. The second kappa shape index (κ2) is 7.00. The van der Waals surface area contributed by atoms with Crippen molar-refractivity contribution >= 4 is 17.6 Å². The molecule has 1 fully saturated rings. The van der Waals surface area contributed by atoms with Gasteiger partial charge in [0.1, 0.15) is 11.6 Å². The van der Waals surface area contributed by atoms with Crippen LogP contribution < -0.4 is 0 Å². The number of carbonyl (C=O) groups is 1. The van der Waals surface area contributed by atoms with Gasteiger partial charge in [-0.15, -0.1) is 0 Å². The number of halogens is 8. The highest BCUT2D eigenvalue weighted by molar-refractivity contribution is 6.30. The summed E-state index contributed by atoms with van der Waals surface area (Å²) >= 11 is 5.15. The Morgan fingerprint density at radius 1 is 1.11 bits per heavy atom. The summed E-state index contributed by atoms with van der Waals surface area (Å²) in [4.78, 5) is 12.1. The Bertz CT molecular complexity index is 785. The van der Waals surface area contributed by atoms with Crippen molar-refractivity contribution in [3.8, 4) is 0 Å². The van der Waals surface area contributed by atoms with Crippen molar-refractivity contribution in [2.75, 3.05) is 0 Å². The molecule has 1 aromatic rings. The number of hydrogen-bond acceptors (Lipinski definition) is 2. The molecule has 0 bridgehead atoms. The van der Waals surface area contributed by atoms with Gasteiger partial charge in [-0.2, -0.15) is 13.2 Å². The van der Waals surface area contributed by atoms with Gasteiger partial charge in [-0.1, -0.05) is 31.5 Å². The van der Waals surface area contributed by atoms with Crippen LogP contribution in [-0.2, 0) is 16.1 Å². The Morgan fingerprint density at radius 2 is 1.59 bits per heavy atom. The fourth-order valence-corrected chi connectivity index (χ4v) is 2.97. The van der Waals surface area contributed by atoms with Crippen LogP contribution in [0.2, 0.25) is 0 Å². The van der Waals surface area contributed by atoms with E-state index in [2.05, 4.69) is 0 Å². The smallest absolute Gasteiger partial charge is 0.426 e. The predicted octanol–water partition coefficient (Wildman–Crippen LogP) is 5.55. The maximum Gasteiger partial charge on any atom is 0.426 e. The van der Waals surface area contributed by atoms with E-state index in [1.54, 1.807) is 0 Å². The third-order valence-corrected chi connectivity index (χ3v) is 5.03. The van der Waals surface area contributed by atoms with E-state index >= 15 is 0 Å². The lowest BCUT2D eigenvalue weighted by Crippen LogP contribution is -2.14. The molecule has 0 spiro atoms. The molecular weight excluding hydrogens is 405 g/mol. The monoisotopic (exact) mass is 418 g/mol. The molecule has 1 aliphatic rings. The molecule has 2 rings (SSSR count). The molecule has 0 unspecified atom stereocenters. The topological polar surface area (TPSA) is 26.3 Å². The SMILES string of the molecule is Cc1c(F)c(F)c(COC(=O)[C@H]2[C@@H](/C=C(/Cl)C(F)(F)F)C2(C)C)c(F)c1F. The summed E-state index contributed by atoms with van der Waals surface area (Å²) in [5, 5.41) is -1.41. The molecule has 27 heavy (non-hydrogen) atoms. The summed E-state index contributed by atoms with van der Waals surface area (Å²) in [5.74, 6) is -9.68. The first-order chi connectivity index (χ1) is 12.2. The van der Waals surface area contributed by atoms with Crippen molar-refractivity contribution in [1.82, 2.24) is 0 Å². The van der Waals surface area contributed by atoms with Crippen LogP contribution in [0.4, 0.5) is 30.7 Å². The molecular formula is C17H14ClF7O2. The molecule has 0 N–H and O–H groups in total. The van der Waals surface area contributed by atoms with Gasteiger partial charge in [-0.25, -0.2) is 17.6 Å². The van der Waals surface area contributed by atoms with Crippen LogP contribution in [0, 0.1) is 47.4 Å². The quantitative estimate of drug-likeness (QED) is 0.364. The second-order valence-corrected chi connectivity index (χ2v) is 7.21. The van der Waals surface area contributed by atoms with E-state index in [1.165, 1.54) is 13.8 Å². The van der Waals surface area contributed by atoms with Crippen molar-refractivity contribution < 1.29 is 40.3 Å². The summed E-state index contributed by atoms with van der Waals surface area (Å²) in [5.41, 5.74) is -2.93. The van der Waals surface area contributed by atoms with Crippen LogP contribution in [0.1, 0.15) is 25.0 Å². The Kier molecular flexibility index (Phi) is 5.58. The van der Waals surface area contributed by atoms with Gasteiger partial charge in [0.15, 0.2) is 23.3 Å². The van der Waals surface area contributed by atoms with Gasteiger partial charge in [0.25, 0.3) is 0 Å². The van der Waals surface area contributed by atoms with E-state index in [0.29, 0.717) is 6.08 Å². The van der Waals surface area contributed by atoms with Crippen LogP contribution in [0.15, 0.2) is 11.1 Å². The van der Waals surface area contributed by atoms with Gasteiger partial charge in [0.2, 0.25) is 0 Å². The first-order valence-corrected chi connectivity index (χ1v) is 8.01. The number of esters is 1. The first kappa shape index (κ1) is 21.5. The number of allylic oxidation sites excluding steroid dienone is 2. The molecule has 2 nitrogen and oxygen atoms in total. The first-order valence-electron chi connectivity index (χ1n) is 7.63. The summed E-state index contributed by atoms with van der Waals surface area (Å²) in [6, 6.07) is 0. The largest absolute Gasteiger partial charge is 0.460 e. The summed E-state index contributed by atoms with van der Waals surface area (Å²) in [6.45, 7) is 2.68. The third kappa shape index (κ3) is 3.93. The van der Waals surface area contributed by atoms with Gasteiger partial charge in [-0.05, 0) is 18.3 Å². The lowest BCUT2D eigenvalue weighted by atomic mass is 10.1. The van der Waals surface area contributed by atoms with Crippen LogP contribution in [0.5, 0.6) is 0 Å². The zero-order valence-electron chi connectivity index (χ0n) is 14.3. The Balaban J connectivity index is 2.16. The van der Waals surface area contributed by atoms with E-state index in [4.69, 9.17) is 16.3 Å². The Hall–Kier alpha value is -1.77. The lowest BCUT2D eigenvalue weighted by Gasteiger charge is -2.10. The number of benzene rings is 1. The summed E-state index contributed by atoms with van der Waals surface area (Å²) in [7, 11) is 0. The van der Waals surface area contributed by atoms with Gasteiger partial charge in [0, 0.05) is 5.56 Å². The highest BCUT2D eigenvalue weighted by Crippen LogP contribution is 2.60. The molecule has 2 atom stereocenters. The molecule has 1 aromatic carbocycles. The maximum atomic E-state index is 13.8. The van der Waals surface area contributed by atoms with Crippen molar-refractivity contribution in [3.63, 3.8) is 0 Å². The van der Waals surface area contributed by atoms with Gasteiger partial charge in [-0.3, -0.25) is 4.79 Å². The lowest BCUT2D eigenvalue weighted by molar-refractivity contribution is -0.147. The molecule has 0 saturated heterocycles. The number of alkyl halides is 3. The van der Waals surface area contributed by atoms with Crippen molar-refractivity contribution in [2.24, 2.45) is 17.3 Å². The van der Waals surface area contributed by atoms with E-state index in [0.717, 1.165) is 6.92 Å². The Labute approximate surface area is 154 Å². The standard InChI is InChI=1S/C17H14ClF7O2/c1-6-11(19)13(21)7(14(22)12(6)20)5-27-15(26)10-8(16(10,2)3)4-9(18)17(23,24)25/h4,8,10H,5H2,1-3H3/b9-4+/t8-,10-/m1/s1. The highest BCUT2D eigenvalue weighted by atomic mass is 35.5. The van der Waals surface area contributed by atoms with Gasteiger partial charge >= 0.3 is 12.1 Å².